The van der Waals surface area contributed by atoms with E-state index in [1.807, 2.05) is 0 Å². The smallest absolute Gasteiger partial charge is 0.0384 e. The van der Waals surface area contributed by atoms with E-state index in [4.69, 9.17) is 0 Å². The quantitative estimate of drug-likeness (QED) is 0.134. The van der Waals surface area contributed by atoms with Gasteiger partial charge in [0.1, 0.15) is 0 Å². The minimum absolute atomic E-state index is 0.798. The molecule has 0 aliphatic rings. The Hall–Kier alpha value is -3.52. The highest BCUT2D eigenvalue weighted by Crippen LogP contribution is 2.27. The normalized spacial score (nSPS) is 12.6. The molecule has 2 unspecified atom stereocenters. The molecule has 2 nitrogen and oxygen atoms in total. The molecule has 0 saturated carbocycles. The van der Waals surface area contributed by atoms with Crippen molar-refractivity contribution in [3.05, 3.63) is 108 Å². The van der Waals surface area contributed by atoms with Gasteiger partial charge in [0.25, 0.3) is 0 Å². The number of unbranched alkanes of at least 4 members (excludes halogenated alkanes) is 2. The van der Waals surface area contributed by atoms with Gasteiger partial charge in [-0.1, -0.05) is 128 Å². The first-order valence-electron chi connectivity index (χ1n) is 16.5. The summed E-state index contributed by atoms with van der Waals surface area (Å²) >= 11 is 0. The molecule has 2 heteroatoms. The van der Waals surface area contributed by atoms with Gasteiger partial charge in [-0.15, -0.1) is 0 Å². The summed E-state index contributed by atoms with van der Waals surface area (Å²) in [7, 11) is 0. The molecule has 0 spiro atoms. The molecule has 0 fully saturated rings. The van der Waals surface area contributed by atoms with E-state index in [0.717, 1.165) is 34.6 Å². The van der Waals surface area contributed by atoms with E-state index in [9.17, 15) is 0 Å². The Morgan fingerprint density at radius 1 is 0.429 bits per heavy atom. The number of benzene rings is 4. The lowest BCUT2D eigenvalue weighted by atomic mass is 9.92. The van der Waals surface area contributed by atoms with Crippen molar-refractivity contribution in [1.82, 2.24) is 0 Å². The third kappa shape index (κ3) is 9.79. The number of nitrogens with one attached hydrogen (secondary N) is 2. The monoisotopic (exact) mass is 560 g/mol. The first kappa shape index (κ1) is 31.4. The maximum Gasteiger partial charge on any atom is 0.0384 e. The topological polar surface area (TPSA) is 24.1 Å². The zero-order valence-corrected chi connectivity index (χ0v) is 26.5. The summed E-state index contributed by atoms with van der Waals surface area (Å²) in [6.07, 6.45) is 12.8. The van der Waals surface area contributed by atoms with Crippen molar-refractivity contribution < 1.29 is 0 Å². The van der Waals surface area contributed by atoms with Gasteiger partial charge in [0.2, 0.25) is 0 Å². The van der Waals surface area contributed by atoms with E-state index in [1.54, 1.807) is 0 Å². The maximum absolute atomic E-state index is 3.56. The zero-order valence-electron chi connectivity index (χ0n) is 26.5. The van der Waals surface area contributed by atoms with Crippen molar-refractivity contribution in [2.75, 3.05) is 10.6 Å². The molecule has 0 saturated heterocycles. The fraction of sp³-hybridized carbons (Fsp3) is 0.400. The van der Waals surface area contributed by atoms with E-state index in [0.29, 0.717) is 0 Å². The second-order valence-corrected chi connectivity index (χ2v) is 12.0. The van der Waals surface area contributed by atoms with Gasteiger partial charge >= 0.3 is 0 Å². The average molecular weight is 561 g/mol. The fourth-order valence-corrected chi connectivity index (χ4v) is 5.83. The minimum atomic E-state index is 0.798. The maximum atomic E-state index is 3.56. The van der Waals surface area contributed by atoms with Crippen LogP contribution in [0.1, 0.15) is 90.2 Å². The number of rotatable bonds is 17. The van der Waals surface area contributed by atoms with E-state index in [-0.39, 0.29) is 0 Å². The largest absolute Gasteiger partial charge is 0.356 e. The van der Waals surface area contributed by atoms with Crippen molar-refractivity contribution in [1.29, 1.82) is 0 Å². The van der Waals surface area contributed by atoms with Crippen LogP contribution in [0, 0.1) is 11.8 Å². The van der Waals surface area contributed by atoms with Crippen LogP contribution in [-0.2, 0) is 12.8 Å². The van der Waals surface area contributed by atoms with E-state index < -0.39 is 0 Å². The van der Waals surface area contributed by atoms with Gasteiger partial charge in [0.05, 0.1) is 0 Å². The van der Waals surface area contributed by atoms with Gasteiger partial charge in [-0.3, -0.25) is 0 Å². The Kier molecular flexibility index (Phi) is 12.6. The Morgan fingerprint density at radius 3 is 1.02 bits per heavy atom. The molecule has 42 heavy (non-hydrogen) atoms. The standard InChI is InChI=1S/C40H52N2/c1-5-9-11-31(7-3)29-33-13-21-37(22-14-33)41-39-25-17-35(18-26-39)36-19-27-40(28-20-36)42-38-23-15-34(16-24-38)30-32(8-4)12-10-6-2/h13-28,31-32,41-42H,5-12,29-30H2,1-4H3. The molecule has 0 heterocycles. The minimum Gasteiger partial charge on any atom is -0.356 e. The van der Waals surface area contributed by atoms with Crippen LogP contribution in [0.3, 0.4) is 0 Å². The van der Waals surface area contributed by atoms with Gasteiger partial charge in [-0.25, -0.2) is 0 Å². The summed E-state index contributed by atoms with van der Waals surface area (Å²) in [5, 5.41) is 7.13. The highest BCUT2D eigenvalue weighted by Gasteiger charge is 2.09. The van der Waals surface area contributed by atoms with Gasteiger partial charge in [-0.2, -0.15) is 0 Å². The summed E-state index contributed by atoms with van der Waals surface area (Å²) in [4.78, 5) is 0. The second-order valence-electron chi connectivity index (χ2n) is 12.0. The van der Waals surface area contributed by atoms with Gasteiger partial charge in [-0.05, 0) is 95.5 Å². The van der Waals surface area contributed by atoms with Gasteiger partial charge < -0.3 is 10.6 Å². The van der Waals surface area contributed by atoms with E-state index in [1.165, 1.54) is 86.5 Å². The summed E-state index contributed by atoms with van der Waals surface area (Å²) in [6, 6.07) is 35.4. The predicted octanol–water partition coefficient (Wildman–Crippen LogP) is 12.4. The molecular weight excluding hydrogens is 508 g/mol. The van der Waals surface area contributed by atoms with Crippen molar-refractivity contribution in [2.24, 2.45) is 11.8 Å². The lowest BCUT2D eigenvalue weighted by Crippen LogP contribution is -2.03. The van der Waals surface area contributed by atoms with Crippen molar-refractivity contribution >= 4 is 22.7 Å². The highest BCUT2D eigenvalue weighted by atomic mass is 14.9. The molecule has 222 valence electrons. The van der Waals surface area contributed by atoms with E-state index in [2.05, 4.69) is 135 Å². The van der Waals surface area contributed by atoms with Crippen LogP contribution >= 0.6 is 0 Å². The highest BCUT2D eigenvalue weighted by molar-refractivity contribution is 5.71. The molecule has 2 atom stereocenters. The van der Waals surface area contributed by atoms with Crippen LogP contribution in [0.15, 0.2) is 97.1 Å². The van der Waals surface area contributed by atoms with Crippen LogP contribution in [0.4, 0.5) is 22.7 Å². The Morgan fingerprint density at radius 2 is 0.738 bits per heavy atom. The molecule has 0 aliphatic heterocycles. The molecule has 4 aromatic rings. The van der Waals surface area contributed by atoms with Crippen LogP contribution < -0.4 is 10.6 Å². The lowest BCUT2D eigenvalue weighted by molar-refractivity contribution is 0.449. The molecule has 2 N–H and O–H groups in total. The van der Waals surface area contributed by atoms with Crippen molar-refractivity contribution in [2.45, 2.75) is 91.9 Å². The van der Waals surface area contributed by atoms with Gasteiger partial charge in [0.15, 0.2) is 0 Å². The van der Waals surface area contributed by atoms with Crippen LogP contribution in [0.5, 0.6) is 0 Å². The summed E-state index contributed by atoms with van der Waals surface area (Å²) in [6.45, 7) is 9.21. The van der Waals surface area contributed by atoms with E-state index >= 15 is 0 Å². The first-order chi connectivity index (χ1) is 20.6. The van der Waals surface area contributed by atoms with Crippen LogP contribution in [0.2, 0.25) is 0 Å². The summed E-state index contributed by atoms with van der Waals surface area (Å²) in [5.74, 6) is 1.60. The molecule has 0 aliphatic carbocycles. The average Bonchev–Trinajstić information content (AvgIpc) is 3.03. The molecule has 0 amide bonds. The molecule has 0 aromatic heterocycles. The van der Waals surface area contributed by atoms with Crippen molar-refractivity contribution in [3.8, 4) is 11.1 Å². The third-order valence-electron chi connectivity index (χ3n) is 8.72. The molecule has 4 aromatic carbocycles. The first-order valence-corrected chi connectivity index (χ1v) is 16.5. The number of anilines is 4. The molecule has 0 bridgehead atoms. The van der Waals surface area contributed by atoms with Crippen molar-refractivity contribution in [3.63, 3.8) is 0 Å². The lowest BCUT2D eigenvalue weighted by Gasteiger charge is -2.15. The Bertz CT molecular complexity index is 1180. The number of hydrogen-bond donors (Lipinski definition) is 2. The Labute approximate surface area is 256 Å². The molecule has 4 rings (SSSR count). The zero-order chi connectivity index (χ0) is 29.6. The summed E-state index contributed by atoms with van der Waals surface area (Å²) in [5.41, 5.74) is 9.82. The van der Waals surface area contributed by atoms with Crippen LogP contribution in [0.25, 0.3) is 11.1 Å². The molecule has 0 radical (unpaired) electrons. The second kappa shape index (κ2) is 16.8. The van der Waals surface area contributed by atoms with Crippen LogP contribution in [-0.4, -0.2) is 0 Å². The molecular formula is C40H52N2. The summed E-state index contributed by atoms with van der Waals surface area (Å²) < 4.78 is 0. The predicted molar refractivity (Wildman–Crippen MR) is 185 cm³/mol. The fourth-order valence-electron chi connectivity index (χ4n) is 5.83. The van der Waals surface area contributed by atoms with Gasteiger partial charge in [0, 0.05) is 22.7 Å². The third-order valence-corrected chi connectivity index (χ3v) is 8.72. The SMILES string of the molecule is CCCCC(CC)Cc1ccc(Nc2ccc(-c3ccc(Nc4ccc(CC(CC)CCCC)cc4)cc3)cc2)cc1. The Balaban J connectivity index is 1.28. The number of hydrogen-bond acceptors (Lipinski definition) is 2.